The van der Waals surface area contributed by atoms with Crippen molar-refractivity contribution in [1.29, 1.82) is 0 Å². The van der Waals surface area contributed by atoms with Gasteiger partial charge < -0.3 is 16.4 Å². The Balaban J connectivity index is 1.97. The van der Waals surface area contributed by atoms with Crippen LogP contribution >= 0.6 is 11.6 Å². The van der Waals surface area contributed by atoms with Gasteiger partial charge in [0.05, 0.1) is 5.02 Å². The van der Waals surface area contributed by atoms with Crippen LogP contribution < -0.4 is 21.7 Å². The van der Waals surface area contributed by atoms with Crippen LogP contribution in [0.5, 0.6) is 0 Å². The lowest BCUT2D eigenvalue weighted by molar-refractivity contribution is 0.262. The lowest BCUT2D eigenvalue weighted by atomic mass is 10.3. The van der Waals surface area contributed by atoms with Gasteiger partial charge in [-0.25, -0.2) is 14.2 Å². The number of unbranched alkanes of at least 4 members (excludes halogenated alkanes) is 1. The Morgan fingerprint density at radius 2 is 2.04 bits per heavy atom. The van der Waals surface area contributed by atoms with E-state index in [9.17, 15) is 9.18 Å². The quantitative estimate of drug-likeness (QED) is 0.562. The summed E-state index contributed by atoms with van der Waals surface area (Å²) in [7, 11) is 0. The highest BCUT2D eigenvalue weighted by Gasteiger charge is 2.08. The van der Waals surface area contributed by atoms with Crippen LogP contribution in [0.25, 0.3) is 0 Å². The van der Waals surface area contributed by atoms with Crippen molar-refractivity contribution in [2.75, 3.05) is 29.0 Å². The summed E-state index contributed by atoms with van der Waals surface area (Å²) in [5.41, 5.74) is 6.52. The van der Waals surface area contributed by atoms with Gasteiger partial charge in [0, 0.05) is 24.0 Å². The van der Waals surface area contributed by atoms with E-state index in [1.54, 1.807) is 13.0 Å². The number of nitrogens with zero attached hydrogens (tertiary/aromatic N) is 2. The predicted molar refractivity (Wildman–Crippen MR) is 97.6 cm³/mol. The molecule has 1 aromatic heterocycles. The zero-order chi connectivity index (χ0) is 18.2. The van der Waals surface area contributed by atoms with Gasteiger partial charge in [-0.2, -0.15) is 4.98 Å². The molecule has 0 aliphatic heterocycles. The summed E-state index contributed by atoms with van der Waals surface area (Å²) in [6.07, 6.45) is 1.85. The number of halogens is 2. The minimum absolute atomic E-state index is 0.0754. The van der Waals surface area contributed by atoms with Gasteiger partial charge in [0.2, 0.25) is 5.95 Å². The molecule has 9 heteroatoms. The Morgan fingerprint density at radius 3 is 2.76 bits per heavy atom. The molecule has 0 bridgehead atoms. The number of aromatic nitrogens is 2. The molecule has 134 valence electrons. The molecule has 0 atom stereocenters. The number of nitrogens with one attached hydrogen (secondary N) is 3. The fraction of sp³-hybridized carbons (Fsp3) is 0.312. The molecule has 2 rings (SSSR count). The summed E-state index contributed by atoms with van der Waals surface area (Å²) in [5, 5.41) is 8.16. The average Bonchev–Trinajstić information content (AvgIpc) is 2.54. The third-order valence-corrected chi connectivity index (χ3v) is 3.48. The molecule has 25 heavy (non-hydrogen) atoms. The second-order valence-corrected chi connectivity index (χ2v) is 5.76. The van der Waals surface area contributed by atoms with Crippen molar-refractivity contribution in [2.24, 2.45) is 5.73 Å². The number of benzene rings is 1. The smallest absolute Gasteiger partial charge is 0.326 e. The molecule has 2 aromatic rings. The van der Waals surface area contributed by atoms with E-state index in [4.69, 9.17) is 17.3 Å². The molecule has 0 fully saturated rings. The Labute approximate surface area is 150 Å². The Hall–Kier alpha value is -2.45. The van der Waals surface area contributed by atoms with E-state index in [0.29, 0.717) is 23.7 Å². The number of nitrogens with two attached hydrogens (primary N) is 1. The summed E-state index contributed by atoms with van der Waals surface area (Å²) in [6, 6.07) is 5.12. The van der Waals surface area contributed by atoms with Crippen LogP contribution in [0.1, 0.15) is 18.5 Å². The van der Waals surface area contributed by atoms with Crippen LogP contribution in [-0.2, 0) is 0 Å². The van der Waals surface area contributed by atoms with E-state index < -0.39 is 11.8 Å². The minimum Gasteiger partial charge on any atom is -0.370 e. The van der Waals surface area contributed by atoms with Crippen LogP contribution in [0, 0.1) is 12.7 Å². The summed E-state index contributed by atoms with van der Waals surface area (Å²) in [6.45, 7) is 3.17. The Bertz CT molecular complexity index is 743. The number of carbonyl (C=O) groups is 1. The molecule has 0 saturated carbocycles. The van der Waals surface area contributed by atoms with Gasteiger partial charge in [-0.15, -0.1) is 0 Å². The van der Waals surface area contributed by atoms with E-state index in [0.717, 1.165) is 19.4 Å². The second-order valence-electron chi connectivity index (χ2n) is 5.35. The van der Waals surface area contributed by atoms with E-state index in [1.807, 2.05) is 0 Å². The highest BCUT2D eigenvalue weighted by atomic mass is 35.5. The van der Waals surface area contributed by atoms with Crippen molar-refractivity contribution in [2.45, 2.75) is 19.8 Å². The molecule has 0 saturated heterocycles. The van der Waals surface area contributed by atoms with Gasteiger partial charge in [-0.1, -0.05) is 11.6 Å². The molecule has 0 spiro atoms. The second kappa shape index (κ2) is 9.14. The maximum atomic E-state index is 13.1. The summed E-state index contributed by atoms with van der Waals surface area (Å²) in [5.74, 6) is 0.219. The molecule has 1 aromatic carbocycles. The van der Waals surface area contributed by atoms with Gasteiger partial charge in [0.25, 0.3) is 0 Å². The number of hydrogen-bond donors (Lipinski definition) is 4. The first kappa shape index (κ1) is 18.9. The van der Waals surface area contributed by atoms with Crippen molar-refractivity contribution < 1.29 is 9.18 Å². The first-order valence-electron chi connectivity index (χ1n) is 7.80. The fourth-order valence-electron chi connectivity index (χ4n) is 2.04. The topological polar surface area (TPSA) is 105 Å². The van der Waals surface area contributed by atoms with Crippen LogP contribution in [0.3, 0.4) is 0 Å². The number of anilines is 3. The van der Waals surface area contributed by atoms with Crippen molar-refractivity contribution >= 4 is 35.1 Å². The molecule has 7 nitrogen and oxygen atoms in total. The van der Waals surface area contributed by atoms with Crippen LogP contribution in [0.2, 0.25) is 5.02 Å². The summed E-state index contributed by atoms with van der Waals surface area (Å²) in [4.78, 5) is 20.4. The molecular formula is C16H20ClFN6O. The SMILES string of the molecule is Cc1cc(NCCCCN)nc(NC(=O)Nc2ccc(F)c(Cl)c2)n1. The summed E-state index contributed by atoms with van der Waals surface area (Å²) >= 11 is 5.68. The maximum absolute atomic E-state index is 13.1. The molecule has 0 aliphatic rings. The van der Waals surface area contributed by atoms with Crippen LogP contribution in [0.4, 0.5) is 26.6 Å². The molecule has 2 amide bonds. The van der Waals surface area contributed by atoms with E-state index in [2.05, 4.69) is 25.9 Å². The molecule has 0 aliphatic carbocycles. The molecule has 1 heterocycles. The predicted octanol–water partition coefficient (Wildman–Crippen LogP) is 3.37. The third kappa shape index (κ3) is 6.17. The Morgan fingerprint density at radius 1 is 1.24 bits per heavy atom. The monoisotopic (exact) mass is 366 g/mol. The summed E-state index contributed by atoms with van der Waals surface area (Å²) < 4.78 is 13.1. The zero-order valence-electron chi connectivity index (χ0n) is 13.8. The number of urea groups is 1. The first-order chi connectivity index (χ1) is 12.0. The van der Waals surface area contributed by atoms with Gasteiger partial charge in [0.15, 0.2) is 0 Å². The van der Waals surface area contributed by atoms with Crippen molar-refractivity contribution in [3.8, 4) is 0 Å². The first-order valence-corrected chi connectivity index (χ1v) is 8.18. The normalized spacial score (nSPS) is 10.4. The maximum Gasteiger partial charge on any atom is 0.326 e. The lowest BCUT2D eigenvalue weighted by Crippen LogP contribution is -2.21. The number of rotatable bonds is 7. The van der Waals surface area contributed by atoms with Crippen LogP contribution in [-0.4, -0.2) is 29.1 Å². The third-order valence-electron chi connectivity index (χ3n) is 3.19. The fourth-order valence-corrected chi connectivity index (χ4v) is 2.22. The van der Waals surface area contributed by atoms with Crippen LogP contribution in [0.15, 0.2) is 24.3 Å². The Kier molecular flexibility index (Phi) is 6.91. The number of aryl methyl sites for hydroxylation is 1. The number of carbonyl (C=O) groups excluding carboxylic acids is 1. The standard InChI is InChI=1S/C16H20ClFN6O/c1-10-8-14(20-7-3-2-6-19)23-15(21-10)24-16(25)22-11-4-5-13(18)12(17)9-11/h4-5,8-9H,2-3,6-7,19H2,1H3,(H3,20,21,22,23,24,25). The van der Waals surface area contributed by atoms with Gasteiger partial charge in [-0.3, -0.25) is 5.32 Å². The lowest BCUT2D eigenvalue weighted by Gasteiger charge is -2.10. The molecule has 0 radical (unpaired) electrons. The van der Waals surface area contributed by atoms with E-state index >= 15 is 0 Å². The molecular weight excluding hydrogens is 347 g/mol. The highest BCUT2D eigenvalue weighted by Crippen LogP contribution is 2.19. The number of amides is 2. The van der Waals surface area contributed by atoms with Gasteiger partial charge in [0.1, 0.15) is 11.6 Å². The zero-order valence-corrected chi connectivity index (χ0v) is 14.5. The molecule has 5 N–H and O–H groups in total. The van der Waals surface area contributed by atoms with Crippen molar-refractivity contribution in [3.63, 3.8) is 0 Å². The van der Waals surface area contributed by atoms with Crippen molar-refractivity contribution in [3.05, 3.63) is 40.8 Å². The largest absolute Gasteiger partial charge is 0.370 e. The molecule has 0 unspecified atom stereocenters. The van der Waals surface area contributed by atoms with Crippen molar-refractivity contribution in [1.82, 2.24) is 9.97 Å². The number of hydrogen-bond acceptors (Lipinski definition) is 5. The van der Waals surface area contributed by atoms with E-state index in [1.165, 1.54) is 18.2 Å². The van der Waals surface area contributed by atoms with Gasteiger partial charge in [-0.05, 0) is 44.5 Å². The van der Waals surface area contributed by atoms with Gasteiger partial charge >= 0.3 is 6.03 Å². The minimum atomic E-state index is -0.556. The average molecular weight is 367 g/mol. The highest BCUT2D eigenvalue weighted by molar-refractivity contribution is 6.31. The van der Waals surface area contributed by atoms with E-state index in [-0.39, 0.29) is 11.0 Å².